The van der Waals surface area contributed by atoms with E-state index in [1.54, 1.807) is 0 Å². The predicted molar refractivity (Wildman–Crippen MR) is 111 cm³/mol. The third-order valence-electron chi connectivity index (χ3n) is 5.33. The van der Waals surface area contributed by atoms with Crippen LogP contribution in [0, 0.1) is 13.8 Å². The molecule has 0 amide bonds. The van der Waals surface area contributed by atoms with Gasteiger partial charge in [-0.05, 0) is 43.2 Å². The highest BCUT2D eigenvalue weighted by atomic mass is 16.1. The Labute approximate surface area is 167 Å². The molecule has 0 spiro atoms. The Kier molecular flexibility index (Phi) is 4.08. The summed E-state index contributed by atoms with van der Waals surface area (Å²) < 4.78 is 1.37. The predicted octanol–water partition coefficient (Wildman–Crippen LogP) is 2.73. The number of rotatable bonds is 2. The molecular formula is C22H20N6O. The normalized spacial score (nSPS) is 13.5. The van der Waals surface area contributed by atoms with Crippen molar-refractivity contribution in [2.75, 3.05) is 11.4 Å². The molecule has 0 radical (unpaired) electrons. The van der Waals surface area contributed by atoms with Crippen LogP contribution < -0.4 is 10.5 Å². The SMILES string of the molecule is Cc1ccc(-c2cnc3c(c2)CN(c2nn4c(=O)ccnc4cc2C)CC3)cn1. The van der Waals surface area contributed by atoms with Crippen LogP contribution in [0.2, 0.25) is 0 Å². The van der Waals surface area contributed by atoms with E-state index in [0.29, 0.717) is 12.2 Å². The van der Waals surface area contributed by atoms with Crippen molar-refractivity contribution in [1.29, 1.82) is 0 Å². The number of pyridine rings is 2. The summed E-state index contributed by atoms with van der Waals surface area (Å²) in [6, 6.07) is 9.60. The minimum absolute atomic E-state index is 0.176. The van der Waals surface area contributed by atoms with E-state index in [9.17, 15) is 4.79 Å². The van der Waals surface area contributed by atoms with Crippen molar-refractivity contribution in [3.8, 4) is 11.1 Å². The summed E-state index contributed by atoms with van der Waals surface area (Å²) in [6.07, 6.45) is 6.16. The average molecular weight is 384 g/mol. The molecule has 4 aromatic heterocycles. The fourth-order valence-corrected chi connectivity index (χ4v) is 3.76. The Bertz CT molecular complexity index is 1280. The Morgan fingerprint density at radius 3 is 2.66 bits per heavy atom. The molecule has 1 aliphatic heterocycles. The van der Waals surface area contributed by atoms with Gasteiger partial charge in [0.2, 0.25) is 0 Å². The minimum Gasteiger partial charge on any atom is -0.350 e. The summed E-state index contributed by atoms with van der Waals surface area (Å²) in [7, 11) is 0. The van der Waals surface area contributed by atoms with Gasteiger partial charge in [0.1, 0.15) is 0 Å². The maximum Gasteiger partial charge on any atom is 0.274 e. The van der Waals surface area contributed by atoms with E-state index in [2.05, 4.69) is 32.1 Å². The Balaban J connectivity index is 1.52. The van der Waals surface area contributed by atoms with Crippen molar-refractivity contribution in [2.45, 2.75) is 26.8 Å². The molecule has 0 aromatic carbocycles. The lowest BCUT2D eigenvalue weighted by Gasteiger charge is -2.30. The molecule has 144 valence electrons. The lowest BCUT2D eigenvalue weighted by Crippen LogP contribution is -2.33. The van der Waals surface area contributed by atoms with E-state index < -0.39 is 0 Å². The van der Waals surface area contributed by atoms with Gasteiger partial charge in [-0.25, -0.2) is 4.98 Å². The third-order valence-corrected chi connectivity index (χ3v) is 5.33. The van der Waals surface area contributed by atoms with E-state index in [0.717, 1.165) is 46.9 Å². The second-order valence-electron chi connectivity index (χ2n) is 7.39. The molecule has 5 rings (SSSR count). The summed E-state index contributed by atoms with van der Waals surface area (Å²) >= 11 is 0. The van der Waals surface area contributed by atoms with E-state index >= 15 is 0 Å². The third kappa shape index (κ3) is 3.14. The fraction of sp³-hybridized carbons (Fsp3) is 0.227. The largest absolute Gasteiger partial charge is 0.350 e. The number of fused-ring (bicyclic) bond motifs is 2. The quantitative estimate of drug-likeness (QED) is 0.529. The van der Waals surface area contributed by atoms with Crippen LogP contribution in [0.4, 0.5) is 5.82 Å². The van der Waals surface area contributed by atoms with E-state index in [1.807, 2.05) is 38.4 Å². The Morgan fingerprint density at radius 1 is 0.966 bits per heavy atom. The number of hydrogen-bond acceptors (Lipinski definition) is 6. The molecule has 29 heavy (non-hydrogen) atoms. The van der Waals surface area contributed by atoms with Crippen LogP contribution in [0.3, 0.4) is 0 Å². The standard InChI is InChI=1S/C22H20N6O/c1-14-9-20-23-7-5-21(29)28(20)26-22(14)27-8-6-19-18(13-27)10-17(12-25-19)16-4-3-15(2)24-11-16/h3-5,7,9-12H,6,8,13H2,1-2H3. The summed E-state index contributed by atoms with van der Waals surface area (Å²) in [5.41, 5.74) is 6.78. The van der Waals surface area contributed by atoms with Gasteiger partial charge in [-0.3, -0.25) is 14.8 Å². The van der Waals surface area contributed by atoms with Gasteiger partial charge in [0.05, 0.1) is 0 Å². The highest BCUT2D eigenvalue weighted by Crippen LogP contribution is 2.28. The second-order valence-corrected chi connectivity index (χ2v) is 7.39. The molecular weight excluding hydrogens is 364 g/mol. The zero-order valence-corrected chi connectivity index (χ0v) is 16.3. The second kappa shape index (κ2) is 6.77. The molecule has 0 N–H and O–H groups in total. The monoisotopic (exact) mass is 384 g/mol. The first-order chi connectivity index (χ1) is 14.1. The van der Waals surface area contributed by atoms with Crippen LogP contribution in [0.5, 0.6) is 0 Å². The first kappa shape index (κ1) is 17.5. The van der Waals surface area contributed by atoms with Crippen LogP contribution in [0.15, 0.2) is 53.7 Å². The molecule has 0 atom stereocenters. The molecule has 0 aliphatic carbocycles. The summed E-state index contributed by atoms with van der Waals surface area (Å²) in [4.78, 5) is 27.7. The van der Waals surface area contributed by atoms with Crippen LogP contribution in [0.25, 0.3) is 16.8 Å². The molecule has 0 saturated carbocycles. The van der Waals surface area contributed by atoms with E-state index in [4.69, 9.17) is 4.98 Å². The van der Waals surface area contributed by atoms with Gasteiger partial charge >= 0.3 is 0 Å². The molecule has 0 fully saturated rings. The maximum absolute atomic E-state index is 12.2. The zero-order chi connectivity index (χ0) is 20.0. The Morgan fingerprint density at radius 2 is 1.83 bits per heavy atom. The highest BCUT2D eigenvalue weighted by molar-refractivity contribution is 5.63. The fourth-order valence-electron chi connectivity index (χ4n) is 3.76. The molecule has 0 unspecified atom stereocenters. The van der Waals surface area contributed by atoms with Crippen molar-refractivity contribution >= 4 is 11.5 Å². The molecule has 7 nitrogen and oxygen atoms in total. The average Bonchev–Trinajstić information content (AvgIpc) is 2.73. The summed E-state index contributed by atoms with van der Waals surface area (Å²) in [5.74, 6) is 0.806. The van der Waals surface area contributed by atoms with Crippen LogP contribution in [-0.4, -0.2) is 31.1 Å². The van der Waals surface area contributed by atoms with E-state index in [1.165, 1.54) is 22.3 Å². The summed E-state index contributed by atoms with van der Waals surface area (Å²) in [6.45, 7) is 5.49. The molecule has 4 aromatic rings. The van der Waals surface area contributed by atoms with Gasteiger partial charge in [0, 0.05) is 66.7 Å². The van der Waals surface area contributed by atoms with E-state index in [-0.39, 0.29) is 5.56 Å². The number of hydrogen-bond donors (Lipinski definition) is 0. The van der Waals surface area contributed by atoms with Crippen molar-refractivity contribution in [1.82, 2.24) is 24.6 Å². The number of nitrogens with zero attached hydrogens (tertiary/aromatic N) is 6. The number of aryl methyl sites for hydroxylation is 2. The van der Waals surface area contributed by atoms with Gasteiger partial charge in [-0.1, -0.05) is 6.07 Å². The number of anilines is 1. The first-order valence-corrected chi connectivity index (χ1v) is 9.60. The molecule has 0 saturated heterocycles. The lowest BCUT2D eigenvalue weighted by molar-refractivity contribution is 0.685. The molecule has 5 heterocycles. The molecule has 7 heteroatoms. The van der Waals surface area contributed by atoms with Crippen LogP contribution in [0.1, 0.15) is 22.5 Å². The number of aromatic nitrogens is 5. The van der Waals surface area contributed by atoms with Crippen LogP contribution >= 0.6 is 0 Å². The zero-order valence-electron chi connectivity index (χ0n) is 16.3. The Hall–Kier alpha value is -3.61. The van der Waals surface area contributed by atoms with Crippen molar-refractivity contribution in [3.05, 3.63) is 81.8 Å². The molecule has 0 bridgehead atoms. The molecule has 1 aliphatic rings. The van der Waals surface area contributed by atoms with Gasteiger partial charge in [-0.15, -0.1) is 5.10 Å². The van der Waals surface area contributed by atoms with Gasteiger partial charge in [-0.2, -0.15) is 4.52 Å². The van der Waals surface area contributed by atoms with Crippen molar-refractivity contribution in [2.24, 2.45) is 0 Å². The van der Waals surface area contributed by atoms with Crippen molar-refractivity contribution < 1.29 is 0 Å². The van der Waals surface area contributed by atoms with Crippen LogP contribution in [-0.2, 0) is 13.0 Å². The minimum atomic E-state index is -0.176. The van der Waals surface area contributed by atoms with Gasteiger partial charge in [0.15, 0.2) is 11.5 Å². The highest BCUT2D eigenvalue weighted by Gasteiger charge is 2.21. The topological polar surface area (TPSA) is 76.3 Å². The van der Waals surface area contributed by atoms with Gasteiger partial charge < -0.3 is 4.90 Å². The lowest BCUT2D eigenvalue weighted by atomic mass is 10.0. The van der Waals surface area contributed by atoms with Crippen molar-refractivity contribution in [3.63, 3.8) is 0 Å². The summed E-state index contributed by atoms with van der Waals surface area (Å²) in [5, 5.41) is 4.60. The maximum atomic E-state index is 12.2. The van der Waals surface area contributed by atoms with Gasteiger partial charge in [0.25, 0.3) is 5.56 Å². The smallest absolute Gasteiger partial charge is 0.274 e. The first-order valence-electron chi connectivity index (χ1n) is 9.60.